The molecular formula is C31H38ClN3O4S. The summed E-state index contributed by atoms with van der Waals surface area (Å²) in [7, 11) is -3.56. The van der Waals surface area contributed by atoms with E-state index in [0.717, 1.165) is 16.7 Å². The third-order valence-corrected chi connectivity index (χ3v) is 7.94. The van der Waals surface area contributed by atoms with Gasteiger partial charge in [-0.25, -0.2) is 8.42 Å². The Morgan fingerprint density at radius 2 is 1.52 bits per heavy atom. The highest BCUT2D eigenvalue weighted by Crippen LogP contribution is 2.23. The van der Waals surface area contributed by atoms with E-state index in [1.54, 1.807) is 29.2 Å². The molecule has 1 atom stereocenters. The molecule has 7 nitrogen and oxygen atoms in total. The number of hydrogen-bond acceptors (Lipinski definition) is 4. The van der Waals surface area contributed by atoms with Gasteiger partial charge in [0.05, 0.1) is 11.9 Å². The van der Waals surface area contributed by atoms with Gasteiger partial charge in [-0.05, 0) is 62.1 Å². The summed E-state index contributed by atoms with van der Waals surface area (Å²) < 4.78 is 26.6. The monoisotopic (exact) mass is 583 g/mol. The van der Waals surface area contributed by atoms with Crippen molar-refractivity contribution in [2.45, 2.75) is 58.7 Å². The Labute approximate surface area is 243 Å². The van der Waals surface area contributed by atoms with Gasteiger partial charge >= 0.3 is 0 Å². The number of halogens is 1. The zero-order valence-electron chi connectivity index (χ0n) is 23.5. The zero-order chi connectivity index (χ0) is 29.3. The molecule has 0 bridgehead atoms. The lowest BCUT2D eigenvalue weighted by Crippen LogP contribution is -2.51. The number of carbonyl (C=O) groups excluding carboxylic acids is 2. The fraction of sp³-hybridized carbons (Fsp3) is 0.355. The van der Waals surface area contributed by atoms with Gasteiger partial charge in [-0.1, -0.05) is 72.3 Å². The van der Waals surface area contributed by atoms with E-state index in [0.29, 0.717) is 23.6 Å². The number of amides is 2. The second kappa shape index (κ2) is 14.3. The van der Waals surface area contributed by atoms with E-state index in [9.17, 15) is 18.0 Å². The van der Waals surface area contributed by atoms with Crippen LogP contribution in [-0.2, 0) is 32.6 Å². The van der Waals surface area contributed by atoms with E-state index in [-0.39, 0.29) is 37.4 Å². The molecular weight excluding hydrogens is 546 g/mol. The fourth-order valence-electron chi connectivity index (χ4n) is 4.55. The first-order chi connectivity index (χ1) is 19.0. The van der Waals surface area contributed by atoms with Gasteiger partial charge in [0.25, 0.3) is 0 Å². The van der Waals surface area contributed by atoms with Gasteiger partial charge in [0.15, 0.2) is 0 Å². The highest BCUT2D eigenvalue weighted by Gasteiger charge is 2.31. The van der Waals surface area contributed by atoms with Crippen molar-refractivity contribution in [1.29, 1.82) is 0 Å². The van der Waals surface area contributed by atoms with Crippen LogP contribution in [0.15, 0.2) is 78.9 Å². The van der Waals surface area contributed by atoms with Crippen molar-refractivity contribution in [2.75, 3.05) is 17.1 Å². The number of para-hydroxylation sites is 1. The van der Waals surface area contributed by atoms with Gasteiger partial charge in [-0.15, -0.1) is 0 Å². The fourth-order valence-corrected chi connectivity index (χ4v) is 5.70. The topological polar surface area (TPSA) is 86.8 Å². The second-order valence-corrected chi connectivity index (χ2v) is 12.6. The average Bonchev–Trinajstić information content (AvgIpc) is 2.89. The van der Waals surface area contributed by atoms with Crippen molar-refractivity contribution in [2.24, 2.45) is 0 Å². The molecule has 3 aromatic carbocycles. The Morgan fingerprint density at radius 3 is 2.12 bits per heavy atom. The minimum Gasteiger partial charge on any atom is -0.352 e. The zero-order valence-corrected chi connectivity index (χ0v) is 25.1. The molecule has 0 aliphatic carbocycles. The molecule has 2 amide bonds. The molecule has 0 radical (unpaired) electrons. The van der Waals surface area contributed by atoms with Gasteiger partial charge in [-0.3, -0.25) is 13.9 Å². The Hall–Kier alpha value is -3.36. The lowest BCUT2D eigenvalue weighted by molar-refractivity contribution is -0.141. The van der Waals surface area contributed by atoms with Crippen LogP contribution in [0.1, 0.15) is 43.4 Å². The molecule has 9 heteroatoms. The number of aryl methyl sites for hydroxylation is 1. The molecule has 1 N–H and O–H groups in total. The van der Waals surface area contributed by atoms with Crippen LogP contribution in [0.25, 0.3) is 0 Å². The van der Waals surface area contributed by atoms with Crippen LogP contribution in [0.5, 0.6) is 0 Å². The van der Waals surface area contributed by atoms with Crippen LogP contribution in [-0.4, -0.2) is 50.0 Å². The number of nitrogens with zero attached hydrogens (tertiary/aromatic N) is 2. The molecule has 3 aromatic rings. The highest BCUT2D eigenvalue weighted by atomic mass is 35.5. The van der Waals surface area contributed by atoms with Gasteiger partial charge < -0.3 is 10.2 Å². The number of carbonyl (C=O) groups is 2. The van der Waals surface area contributed by atoms with Crippen molar-refractivity contribution in [3.63, 3.8) is 0 Å². The van der Waals surface area contributed by atoms with Crippen LogP contribution >= 0.6 is 11.6 Å². The molecule has 0 aliphatic rings. The third kappa shape index (κ3) is 9.10. The predicted molar refractivity (Wildman–Crippen MR) is 162 cm³/mol. The molecule has 0 spiro atoms. The first kappa shape index (κ1) is 31.2. The molecule has 0 unspecified atom stereocenters. The van der Waals surface area contributed by atoms with Crippen LogP contribution in [0.2, 0.25) is 5.02 Å². The van der Waals surface area contributed by atoms with E-state index in [1.165, 1.54) is 10.6 Å². The van der Waals surface area contributed by atoms with Crippen molar-refractivity contribution < 1.29 is 18.0 Å². The maximum absolute atomic E-state index is 13.8. The number of nitrogens with one attached hydrogen (secondary N) is 1. The maximum Gasteiger partial charge on any atom is 0.243 e. The number of benzene rings is 3. The molecule has 0 saturated carbocycles. The highest BCUT2D eigenvalue weighted by molar-refractivity contribution is 7.92. The summed E-state index contributed by atoms with van der Waals surface area (Å²) in [5, 5.41) is 3.55. The van der Waals surface area contributed by atoms with Crippen LogP contribution in [0, 0.1) is 6.92 Å². The first-order valence-electron chi connectivity index (χ1n) is 13.4. The smallest absolute Gasteiger partial charge is 0.243 e. The standard InChI is InChI=1S/C31H38ClN3O4S/c1-23(2)33-31(37)29(21-25-12-6-5-7-13-25)34(22-26-16-18-27(32)19-17-26)30(36)15-10-20-35(40(4,38)39)28-14-9-8-11-24(28)3/h5-9,11-14,16-19,23,29H,10,15,20-22H2,1-4H3,(H,33,37)/t29-/m1/s1. The molecule has 0 heterocycles. The second-order valence-electron chi connectivity index (χ2n) is 10.2. The van der Waals surface area contributed by atoms with Gasteiger partial charge in [0.1, 0.15) is 6.04 Å². The van der Waals surface area contributed by atoms with E-state index in [1.807, 2.05) is 75.4 Å². The van der Waals surface area contributed by atoms with E-state index in [4.69, 9.17) is 11.6 Å². The largest absolute Gasteiger partial charge is 0.352 e. The number of rotatable bonds is 13. The van der Waals surface area contributed by atoms with Crippen molar-refractivity contribution >= 4 is 39.1 Å². The quantitative estimate of drug-likeness (QED) is 0.293. The summed E-state index contributed by atoms with van der Waals surface area (Å²) in [5.74, 6) is -0.466. The van der Waals surface area contributed by atoms with Gasteiger partial charge in [0.2, 0.25) is 21.8 Å². The molecule has 0 fully saturated rings. The maximum atomic E-state index is 13.8. The third-order valence-electron chi connectivity index (χ3n) is 6.50. The average molecular weight is 584 g/mol. The minimum atomic E-state index is -3.56. The van der Waals surface area contributed by atoms with E-state index < -0.39 is 16.1 Å². The van der Waals surface area contributed by atoms with Crippen LogP contribution < -0.4 is 9.62 Å². The Morgan fingerprint density at radius 1 is 0.900 bits per heavy atom. The number of hydrogen-bond donors (Lipinski definition) is 1. The molecule has 0 aliphatic heterocycles. The summed E-state index contributed by atoms with van der Waals surface area (Å²) in [6.07, 6.45) is 1.88. The predicted octanol–water partition coefficient (Wildman–Crippen LogP) is 5.36. The van der Waals surface area contributed by atoms with Gasteiger partial charge in [-0.2, -0.15) is 0 Å². The van der Waals surface area contributed by atoms with Gasteiger partial charge in [0, 0.05) is 37.0 Å². The Bertz CT molecular complexity index is 1380. The summed E-state index contributed by atoms with van der Waals surface area (Å²) in [6.45, 7) is 5.98. The van der Waals surface area contributed by atoms with E-state index >= 15 is 0 Å². The lowest BCUT2D eigenvalue weighted by atomic mass is 10.0. The molecule has 214 valence electrons. The van der Waals surface area contributed by atoms with Crippen molar-refractivity contribution in [1.82, 2.24) is 10.2 Å². The number of sulfonamides is 1. The molecule has 0 saturated heterocycles. The summed E-state index contributed by atoms with van der Waals surface area (Å²) in [4.78, 5) is 28.9. The molecule has 40 heavy (non-hydrogen) atoms. The van der Waals surface area contributed by atoms with Crippen LogP contribution in [0.3, 0.4) is 0 Å². The van der Waals surface area contributed by atoms with E-state index in [2.05, 4.69) is 5.32 Å². The summed E-state index contributed by atoms with van der Waals surface area (Å²) in [6, 6.07) is 23.2. The summed E-state index contributed by atoms with van der Waals surface area (Å²) >= 11 is 6.09. The minimum absolute atomic E-state index is 0.0751. The lowest BCUT2D eigenvalue weighted by Gasteiger charge is -2.32. The molecule has 3 rings (SSSR count). The number of anilines is 1. The van der Waals surface area contributed by atoms with Crippen molar-refractivity contribution in [3.05, 3.63) is 101 Å². The van der Waals surface area contributed by atoms with Crippen molar-refractivity contribution in [3.8, 4) is 0 Å². The summed E-state index contributed by atoms with van der Waals surface area (Å²) in [5.41, 5.74) is 3.19. The van der Waals surface area contributed by atoms with Crippen LogP contribution in [0.4, 0.5) is 5.69 Å². The molecule has 0 aromatic heterocycles. The normalized spacial score (nSPS) is 12.2. The Kier molecular flexibility index (Phi) is 11.2. The first-order valence-corrected chi connectivity index (χ1v) is 15.6. The SMILES string of the molecule is Cc1ccccc1N(CCCC(=O)N(Cc1ccc(Cl)cc1)[C@H](Cc1ccccc1)C(=O)NC(C)C)S(C)(=O)=O. The Balaban J connectivity index is 1.88.